The minimum absolute atomic E-state index is 0.439. The summed E-state index contributed by atoms with van der Waals surface area (Å²) in [7, 11) is 0. The van der Waals surface area contributed by atoms with Crippen molar-refractivity contribution in [2.24, 2.45) is 0 Å². The second-order valence-corrected chi connectivity index (χ2v) is 5.42. The van der Waals surface area contributed by atoms with Gasteiger partial charge in [0.2, 0.25) is 5.82 Å². The number of H-pyrrole nitrogens is 1. The van der Waals surface area contributed by atoms with E-state index in [0.29, 0.717) is 16.7 Å². The van der Waals surface area contributed by atoms with E-state index >= 15 is 0 Å². The normalized spacial score (nSPS) is 10.8. The lowest BCUT2D eigenvalue weighted by molar-refractivity contribution is 0.432. The fraction of sp³-hybridized carbons (Fsp3) is 0. The lowest BCUT2D eigenvalue weighted by atomic mass is 10.1. The van der Waals surface area contributed by atoms with Crippen LogP contribution in [-0.2, 0) is 0 Å². The third-order valence-electron chi connectivity index (χ3n) is 3.43. The molecular formula is C17H11ClN4O. The Balaban J connectivity index is 1.71. The van der Waals surface area contributed by atoms with Crippen LogP contribution >= 0.6 is 11.6 Å². The number of aromatic amines is 1. The Hall–Kier alpha value is -2.92. The highest BCUT2D eigenvalue weighted by Crippen LogP contribution is 2.26. The van der Waals surface area contributed by atoms with Crippen LogP contribution in [-0.4, -0.2) is 20.3 Å². The van der Waals surface area contributed by atoms with Gasteiger partial charge in [-0.1, -0.05) is 41.0 Å². The molecule has 0 fully saturated rings. The second kappa shape index (κ2) is 5.70. The fourth-order valence-electron chi connectivity index (χ4n) is 2.32. The molecule has 0 aliphatic rings. The van der Waals surface area contributed by atoms with E-state index in [2.05, 4.69) is 20.3 Å². The molecule has 6 heteroatoms. The first kappa shape index (κ1) is 13.7. The van der Waals surface area contributed by atoms with Gasteiger partial charge in [-0.15, -0.1) is 0 Å². The number of hydrogen-bond donors (Lipinski definition) is 1. The number of benzene rings is 2. The zero-order chi connectivity index (χ0) is 15.6. The van der Waals surface area contributed by atoms with Gasteiger partial charge in [-0.2, -0.15) is 10.1 Å². The van der Waals surface area contributed by atoms with Crippen molar-refractivity contribution in [3.63, 3.8) is 0 Å². The SMILES string of the molecule is Clc1cccc(-c2nc(-c3cccc(-c4ccn[nH]4)c3)no2)c1. The predicted octanol–water partition coefficient (Wildman–Crippen LogP) is 4.45. The van der Waals surface area contributed by atoms with Crippen molar-refractivity contribution in [1.29, 1.82) is 0 Å². The zero-order valence-corrected chi connectivity index (χ0v) is 12.7. The smallest absolute Gasteiger partial charge is 0.258 e. The average Bonchev–Trinajstić information content (AvgIpc) is 3.27. The van der Waals surface area contributed by atoms with Crippen molar-refractivity contribution in [3.05, 3.63) is 65.8 Å². The summed E-state index contributed by atoms with van der Waals surface area (Å²) in [6.45, 7) is 0. The maximum absolute atomic E-state index is 6.00. The highest BCUT2D eigenvalue weighted by Gasteiger charge is 2.11. The van der Waals surface area contributed by atoms with Gasteiger partial charge < -0.3 is 4.52 Å². The molecule has 0 bridgehead atoms. The number of aromatic nitrogens is 4. The van der Waals surface area contributed by atoms with Gasteiger partial charge in [0.1, 0.15) is 0 Å². The summed E-state index contributed by atoms with van der Waals surface area (Å²) in [6.07, 6.45) is 1.72. The number of halogens is 1. The number of nitrogens with one attached hydrogen (secondary N) is 1. The number of hydrogen-bond acceptors (Lipinski definition) is 4. The van der Waals surface area contributed by atoms with Gasteiger partial charge in [0.05, 0.1) is 5.69 Å². The van der Waals surface area contributed by atoms with Crippen LogP contribution in [0.2, 0.25) is 5.02 Å². The summed E-state index contributed by atoms with van der Waals surface area (Å²) in [4.78, 5) is 4.45. The van der Waals surface area contributed by atoms with Crippen LogP contribution in [0, 0.1) is 0 Å². The Morgan fingerprint density at radius 2 is 1.74 bits per heavy atom. The molecule has 0 aliphatic carbocycles. The first-order chi connectivity index (χ1) is 11.3. The van der Waals surface area contributed by atoms with Crippen molar-refractivity contribution >= 4 is 11.6 Å². The molecule has 0 saturated carbocycles. The first-order valence-corrected chi connectivity index (χ1v) is 7.37. The number of nitrogens with zero attached hydrogens (tertiary/aromatic N) is 3. The van der Waals surface area contributed by atoms with E-state index in [-0.39, 0.29) is 0 Å². The molecule has 4 rings (SSSR count). The molecule has 0 atom stereocenters. The summed E-state index contributed by atoms with van der Waals surface area (Å²) in [5, 5.41) is 11.6. The maximum atomic E-state index is 6.00. The van der Waals surface area contributed by atoms with Crippen LogP contribution in [0.25, 0.3) is 34.1 Å². The van der Waals surface area contributed by atoms with E-state index in [1.54, 1.807) is 18.3 Å². The third kappa shape index (κ3) is 2.74. The minimum atomic E-state index is 0.439. The molecule has 0 amide bonds. The molecule has 4 aromatic rings. The summed E-state index contributed by atoms with van der Waals surface area (Å²) in [5.74, 6) is 0.968. The molecule has 112 valence electrons. The molecule has 2 aromatic carbocycles. The van der Waals surface area contributed by atoms with Gasteiger partial charge in [0.15, 0.2) is 0 Å². The third-order valence-corrected chi connectivity index (χ3v) is 3.67. The molecule has 0 aliphatic heterocycles. The average molecular weight is 323 g/mol. The van der Waals surface area contributed by atoms with Gasteiger partial charge in [-0.3, -0.25) is 5.10 Å². The summed E-state index contributed by atoms with van der Waals surface area (Å²) >= 11 is 6.00. The molecule has 0 spiro atoms. The Morgan fingerprint density at radius 3 is 2.57 bits per heavy atom. The molecule has 0 saturated heterocycles. The van der Waals surface area contributed by atoms with Gasteiger partial charge in [0.25, 0.3) is 5.89 Å². The minimum Gasteiger partial charge on any atom is -0.334 e. The monoisotopic (exact) mass is 322 g/mol. The highest BCUT2D eigenvalue weighted by atomic mass is 35.5. The Bertz CT molecular complexity index is 947. The molecule has 0 unspecified atom stereocenters. The van der Waals surface area contributed by atoms with E-state index in [9.17, 15) is 0 Å². The van der Waals surface area contributed by atoms with E-state index < -0.39 is 0 Å². The predicted molar refractivity (Wildman–Crippen MR) is 87.8 cm³/mol. The topological polar surface area (TPSA) is 67.6 Å². The maximum Gasteiger partial charge on any atom is 0.258 e. The van der Waals surface area contributed by atoms with Crippen LogP contribution in [0.5, 0.6) is 0 Å². The highest BCUT2D eigenvalue weighted by molar-refractivity contribution is 6.30. The van der Waals surface area contributed by atoms with E-state index in [1.807, 2.05) is 42.5 Å². The van der Waals surface area contributed by atoms with Gasteiger partial charge in [-0.25, -0.2) is 0 Å². The Labute approximate surface area is 136 Å². The van der Waals surface area contributed by atoms with Crippen molar-refractivity contribution in [1.82, 2.24) is 20.3 Å². The van der Waals surface area contributed by atoms with Crippen molar-refractivity contribution < 1.29 is 4.52 Å². The summed E-state index contributed by atoms with van der Waals surface area (Å²) in [6, 6.07) is 17.1. The van der Waals surface area contributed by atoms with Gasteiger partial charge >= 0.3 is 0 Å². The van der Waals surface area contributed by atoms with Crippen molar-refractivity contribution in [2.45, 2.75) is 0 Å². The quantitative estimate of drug-likeness (QED) is 0.605. The lowest BCUT2D eigenvalue weighted by Crippen LogP contribution is -1.84. The van der Waals surface area contributed by atoms with E-state index in [4.69, 9.17) is 16.1 Å². The molecule has 1 N–H and O–H groups in total. The first-order valence-electron chi connectivity index (χ1n) is 6.99. The van der Waals surface area contributed by atoms with Crippen LogP contribution in [0.15, 0.2) is 65.3 Å². The van der Waals surface area contributed by atoms with Crippen LogP contribution < -0.4 is 0 Å². The molecule has 2 heterocycles. The lowest BCUT2D eigenvalue weighted by Gasteiger charge is -1.99. The Kier molecular flexibility index (Phi) is 3.40. The summed E-state index contributed by atoms with van der Waals surface area (Å²) in [5.41, 5.74) is 3.61. The molecule has 5 nitrogen and oxygen atoms in total. The molecule has 0 radical (unpaired) electrons. The van der Waals surface area contributed by atoms with Crippen LogP contribution in [0.3, 0.4) is 0 Å². The molecule has 2 aromatic heterocycles. The van der Waals surface area contributed by atoms with Crippen molar-refractivity contribution in [2.75, 3.05) is 0 Å². The van der Waals surface area contributed by atoms with Gasteiger partial charge in [-0.05, 0) is 30.3 Å². The van der Waals surface area contributed by atoms with Crippen molar-refractivity contribution in [3.8, 4) is 34.1 Å². The molecule has 23 heavy (non-hydrogen) atoms. The fourth-order valence-corrected chi connectivity index (χ4v) is 2.51. The largest absolute Gasteiger partial charge is 0.334 e. The zero-order valence-electron chi connectivity index (χ0n) is 11.9. The van der Waals surface area contributed by atoms with Crippen LogP contribution in [0.4, 0.5) is 0 Å². The number of rotatable bonds is 3. The second-order valence-electron chi connectivity index (χ2n) is 4.98. The molecular weight excluding hydrogens is 312 g/mol. The van der Waals surface area contributed by atoms with Gasteiger partial charge in [0, 0.05) is 27.9 Å². The Morgan fingerprint density at radius 1 is 0.913 bits per heavy atom. The standard InChI is InChI=1S/C17H11ClN4O/c18-14-6-2-5-13(10-14)17-20-16(22-23-17)12-4-1-3-11(9-12)15-7-8-19-21-15/h1-10H,(H,19,21). The van der Waals surface area contributed by atoms with E-state index in [1.165, 1.54) is 0 Å². The van der Waals surface area contributed by atoms with E-state index in [0.717, 1.165) is 22.4 Å². The summed E-state index contributed by atoms with van der Waals surface area (Å²) < 4.78 is 5.35. The van der Waals surface area contributed by atoms with Crippen LogP contribution in [0.1, 0.15) is 0 Å².